The molecule has 2 aromatic carbocycles. The normalized spacial score (nSPS) is 15.1. The SMILES string of the molecule is CC(C)N1CCN(Cc2cnc(-c3ccc(C(=O)Nc4[c]cccc4)cc3)c(F)c2)CC1. The summed E-state index contributed by atoms with van der Waals surface area (Å²) in [5.41, 5.74) is 2.91. The molecule has 2 heterocycles. The Morgan fingerprint density at radius 2 is 1.88 bits per heavy atom. The first kappa shape index (κ1) is 22.1. The molecule has 0 unspecified atom stereocenters. The Kier molecular flexibility index (Phi) is 6.93. The molecule has 1 saturated heterocycles. The summed E-state index contributed by atoms with van der Waals surface area (Å²) in [4.78, 5) is 21.6. The van der Waals surface area contributed by atoms with Gasteiger partial charge >= 0.3 is 0 Å². The van der Waals surface area contributed by atoms with Crippen LogP contribution in [0.2, 0.25) is 0 Å². The van der Waals surface area contributed by atoms with Crippen LogP contribution in [0.15, 0.2) is 60.8 Å². The maximum absolute atomic E-state index is 14.8. The number of pyridine rings is 1. The van der Waals surface area contributed by atoms with E-state index < -0.39 is 0 Å². The second-order valence-corrected chi connectivity index (χ2v) is 8.39. The number of aromatic nitrogens is 1. The Bertz CT molecular complexity index is 1050. The molecule has 32 heavy (non-hydrogen) atoms. The third kappa shape index (κ3) is 5.39. The number of piperazine rings is 1. The molecule has 0 atom stereocenters. The Labute approximate surface area is 188 Å². The van der Waals surface area contributed by atoms with Crippen LogP contribution in [0.1, 0.15) is 29.8 Å². The summed E-state index contributed by atoms with van der Waals surface area (Å²) in [5.74, 6) is -0.584. The monoisotopic (exact) mass is 431 g/mol. The fourth-order valence-electron chi connectivity index (χ4n) is 3.92. The van der Waals surface area contributed by atoms with Crippen molar-refractivity contribution < 1.29 is 9.18 Å². The standard InChI is InChI=1S/C26H28FN4O/c1-19(2)31-14-12-30(13-15-31)18-20-16-24(27)25(28-17-20)21-8-10-22(11-9-21)26(32)29-23-6-4-3-5-7-23/h3-6,8-11,16-17,19H,12-15,18H2,1-2H3,(H,29,32). The lowest BCUT2D eigenvalue weighted by Crippen LogP contribution is -2.48. The average Bonchev–Trinajstić information content (AvgIpc) is 2.80. The van der Waals surface area contributed by atoms with E-state index in [0.717, 1.165) is 31.7 Å². The number of halogens is 1. The van der Waals surface area contributed by atoms with E-state index in [1.165, 1.54) is 0 Å². The van der Waals surface area contributed by atoms with Gasteiger partial charge in [0.05, 0.1) is 0 Å². The number of para-hydroxylation sites is 1. The first-order chi connectivity index (χ1) is 15.5. The molecule has 1 radical (unpaired) electrons. The van der Waals surface area contributed by atoms with Crippen molar-refractivity contribution in [2.24, 2.45) is 0 Å². The lowest BCUT2D eigenvalue weighted by molar-refractivity contribution is 0.102. The second kappa shape index (κ2) is 10.0. The van der Waals surface area contributed by atoms with E-state index in [0.29, 0.717) is 35.1 Å². The number of nitrogens with one attached hydrogen (secondary N) is 1. The first-order valence-electron chi connectivity index (χ1n) is 11.0. The molecule has 1 fully saturated rings. The average molecular weight is 432 g/mol. The molecule has 0 bridgehead atoms. The number of hydrogen-bond donors (Lipinski definition) is 1. The molecular weight excluding hydrogens is 403 g/mol. The van der Waals surface area contributed by atoms with Crippen LogP contribution >= 0.6 is 0 Å². The van der Waals surface area contributed by atoms with Crippen molar-refractivity contribution in [2.45, 2.75) is 26.4 Å². The lowest BCUT2D eigenvalue weighted by Gasteiger charge is -2.36. The third-order valence-electron chi connectivity index (χ3n) is 5.82. The summed E-state index contributed by atoms with van der Waals surface area (Å²) in [6.07, 6.45) is 1.75. The molecular formula is C26H28FN4O. The zero-order chi connectivity index (χ0) is 22.5. The van der Waals surface area contributed by atoms with Gasteiger partial charge in [-0.3, -0.25) is 19.6 Å². The van der Waals surface area contributed by atoms with Crippen molar-refractivity contribution in [1.29, 1.82) is 0 Å². The highest BCUT2D eigenvalue weighted by Crippen LogP contribution is 2.23. The van der Waals surface area contributed by atoms with E-state index in [4.69, 9.17) is 0 Å². The predicted octanol–water partition coefficient (Wildman–Crippen LogP) is 4.47. The summed E-state index contributed by atoms with van der Waals surface area (Å²) in [5, 5.41) is 2.79. The molecule has 6 heteroatoms. The van der Waals surface area contributed by atoms with Crippen LogP contribution in [0.4, 0.5) is 10.1 Å². The van der Waals surface area contributed by atoms with E-state index in [1.54, 1.807) is 48.7 Å². The molecule has 5 nitrogen and oxygen atoms in total. The third-order valence-corrected chi connectivity index (χ3v) is 5.82. The summed E-state index contributed by atoms with van der Waals surface area (Å²) in [6.45, 7) is 9.16. The van der Waals surface area contributed by atoms with Gasteiger partial charge in [-0.25, -0.2) is 4.39 Å². The van der Waals surface area contributed by atoms with Gasteiger partial charge in [0, 0.05) is 67.8 Å². The maximum atomic E-state index is 14.8. The van der Waals surface area contributed by atoms with Crippen LogP contribution in [0.3, 0.4) is 0 Å². The summed E-state index contributed by atoms with van der Waals surface area (Å²) < 4.78 is 14.8. The molecule has 1 N–H and O–H groups in total. The number of carbonyl (C=O) groups excluding carboxylic acids is 1. The molecule has 1 aliphatic rings. The van der Waals surface area contributed by atoms with Gasteiger partial charge < -0.3 is 5.32 Å². The lowest BCUT2D eigenvalue weighted by atomic mass is 10.1. The highest BCUT2D eigenvalue weighted by atomic mass is 19.1. The van der Waals surface area contributed by atoms with Gasteiger partial charge in [-0.05, 0) is 43.7 Å². The van der Waals surface area contributed by atoms with E-state index in [-0.39, 0.29) is 11.7 Å². The zero-order valence-electron chi connectivity index (χ0n) is 18.5. The van der Waals surface area contributed by atoms with Gasteiger partial charge in [0.25, 0.3) is 5.91 Å². The number of hydrogen-bond acceptors (Lipinski definition) is 4. The summed E-state index contributed by atoms with van der Waals surface area (Å²) in [6, 6.07) is 19.1. The number of nitrogens with zero attached hydrogens (tertiary/aromatic N) is 3. The van der Waals surface area contributed by atoms with Gasteiger partial charge in [-0.15, -0.1) is 0 Å². The van der Waals surface area contributed by atoms with Gasteiger partial charge in [0.15, 0.2) is 0 Å². The largest absolute Gasteiger partial charge is 0.321 e. The Morgan fingerprint density at radius 1 is 1.12 bits per heavy atom. The van der Waals surface area contributed by atoms with Gasteiger partial charge in [-0.2, -0.15) is 0 Å². The predicted molar refractivity (Wildman–Crippen MR) is 125 cm³/mol. The smallest absolute Gasteiger partial charge is 0.255 e. The van der Waals surface area contributed by atoms with Crippen molar-refractivity contribution >= 4 is 11.6 Å². The van der Waals surface area contributed by atoms with Crippen molar-refractivity contribution in [1.82, 2.24) is 14.8 Å². The first-order valence-corrected chi connectivity index (χ1v) is 11.0. The number of amides is 1. The highest BCUT2D eigenvalue weighted by molar-refractivity contribution is 6.04. The molecule has 1 amide bonds. The van der Waals surface area contributed by atoms with Crippen molar-refractivity contribution in [2.75, 3.05) is 31.5 Å². The van der Waals surface area contributed by atoms with Gasteiger partial charge in [0.2, 0.25) is 0 Å². The van der Waals surface area contributed by atoms with E-state index in [2.05, 4.69) is 40.0 Å². The van der Waals surface area contributed by atoms with Crippen LogP contribution in [0.5, 0.6) is 0 Å². The second-order valence-electron chi connectivity index (χ2n) is 8.39. The molecule has 0 saturated carbocycles. The highest BCUT2D eigenvalue weighted by Gasteiger charge is 2.19. The van der Waals surface area contributed by atoms with Crippen LogP contribution in [-0.4, -0.2) is 52.9 Å². The zero-order valence-corrected chi connectivity index (χ0v) is 18.5. The number of rotatable bonds is 6. The summed E-state index contributed by atoms with van der Waals surface area (Å²) in [7, 11) is 0. The number of carbonyl (C=O) groups is 1. The molecule has 0 spiro atoms. The molecule has 3 aromatic rings. The topological polar surface area (TPSA) is 48.5 Å². The van der Waals surface area contributed by atoms with Crippen LogP contribution in [0.25, 0.3) is 11.3 Å². The van der Waals surface area contributed by atoms with Crippen molar-refractivity contribution in [3.05, 3.63) is 83.8 Å². The fraction of sp³-hybridized carbons (Fsp3) is 0.308. The maximum Gasteiger partial charge on any atom is 0.255 e. The fourth-order valence-corrected chi connectivity index (χ4v) is 3.92. The number of anilines is 1. The van der Waals surface area contributed by atoms with Crippen molar-refractivity contribution in [3.8, 4) is 11.3 Å². The van der Waals surface area contributed by atoms with E-state index >= 15 is 0 Å². The minimum Gasteiger partial charge on any atom is -0.321 e. The Hall–Kier alpha value is -3.09. The van der Waals surface area contributed by atoms with Crippen molar-refractivity contribution in [3.63, 3.8) is 0 Å². The number of benzene rings is 2. The molecule has 165 valence electrons. The van der Waals surface area contributed by atoms with Gasteiger partial charge in [-0.1, -0.05) is 30.3 Å². The molecule has 0 aliphatic carbocycles. The molecule has 1 aromatic heterocycles. The Morgan fingerprint density at radius 3 is 2.50 bits per heavy atom. The van der Waals surface area contributed by atoms with Gasteiger partial charge in [0.1, 0.15) is 11.5 Å². The minimum atomic E-state index is -0.348. The summed E-state index contributed by atoms with van der Waals surface area (Å²) >= 11 is 0. The van der Waals surface area contributed by atoms with Crippen LogP contribution in [0, 0.1) is 11.9 Å². The van der Waals surface area contributed by atoms with E-state index in [1.807, 2.05) is 12.1 Å². The van der Waals surface area contributed by atoms with Crippen LogP contribution in [-0.2, 0) is 6.54 Å². The molecule has 4 rings (SSSR count). The quantitative estimate of drug-likeness (QED) is 0.626. The Balaban J connectivity index is 1.39. The van der Waals surface area contributed by atoms with E-state index in [9.17, 15) is 9.18 Å². The van der Waals surface area contributed by atoms with Crippen LogP contribution < -0.4 is 5.32 Å². The minimum absolute atomic E-state index is 0.236. The molecule has 1 aliphatic heterocycles.